The van der Waals surface area contributed by atoms with E-state index in [0.717, 1.165) is 28.6 Å². The van der Waals surface area contributed by atoms with E-state index in [2.05, 4.69) is 15.2 Å². The Bertz CT molecular complexity index is 1300. The van der Waals surface area contributed by atoms with Crippen LogP contribution >= 0.6 is 0 Å². The number of anilines is 1. The number of rotatable bonds is 3. The van der Waals surface area contributed by atoms with Gasteiger partial charge in [0, 0.05) is 17.2 Å². The van der Waals surface area contributed by atoms with E-state index < -0.39 is 44.6 Å². The summed E-state index contributed by atoms with van der Waals surface area (Å²) in [5.74, 6) is -2.63. The zero-order valence-corrected chi connectivity index (χ0v) is 16.3. The zero-order chi connectivity index (χ0) is 22.1. The largest absolute Gasteiger partial charge is 0.433 e. The van der Waals surface area contributed by atoms with Gasteiger partial charge in [0.25, 0.3) is 10.0 Å². The van der Waals surface area contributed by atoms with E-state index in [1.54, 1.807) is 0 Å². The van der Waals surface area contributed by atoms with Gasteiger partial charge in [-0.3, -0.25) is 9.40 Å². The van der Waals surface area contributed by atoms with Crippen molar-refractivity contribution in [2.45, 2.75) is 30.1 Å². The molecule has 0 amide bonds. The second kappa shape index (κ2) is 6.49. The van der Waals surface area contributed by atoms with Crippen molar-refractivity contribution in [1.29, 1.82) is 0 Å². The molecule has 0 bridgehead atoms. The minimum Gasteiger partial charge on any atom is -0.277 e. The number of nitrogens with zero attached hydrogens (tertiary/aromatic N) is 3. The smallest absolute Gasteiger partial charge is 0.277 e. The molecule has 162 valence electrons. The number of benzene rings is 1. The van der Waals surface area contributed by atoms with Crippen LogP contribution < -0.4 is 4.31 Å². The minimum absolute atomic E-state index is 0.0406. The number of alkyl halides is 3. The quantitative estimate of drug-likeness (QED) is 0.592. The number of hydrogen-bond acceptors (Lipinski definition) is 4. The first-order valence-corrected chi connectivity index (χ1v) is 10.6. The number of hydrogen-bond donors (Lipinski definition) is 1. The molecule has 3 heterocycles. The number of halogens is 5. The van der Waals surface area contributed by atoms with Crippen molar-refractivity contribution in [3.05, 3.63) is 59.4 Å². The van der Waals surface area contributed by atoms with Crippen LogP contribution in [0, 0.1) is 17.6 Å². The molecule has 1 atom stereocenters. The van der Waals surface area contributed by atoms with Gasteiger partial charge in [-0.1, -0.05) is 6.07 Å². The lowest BCUT2D eigenvalue weighted by Gasteiger charge is -2.37. The maximum atomic E-state index is 14.1. The van der Waals surface area contributed by atoms with Gasteiger partial charge in [0.05, 0.1) is 23.6 Å². The molecule has 1 unspecified atom stereocenters. The first-order chi connectivity index (χ1) is 14.6. The van der Waals surface area contributed by atoms with E-state index in [0.29, 0.717) is 30.2 Å². The van der Waals surface area contributed by atoms with Gasteiger partial charge in [0.1, 0.15) is 5.69 Å². The molecule has 31 heavy (non-hydrogen) atoms. The zero-order valence-electron chi connectivity index (χ0n) is 15.5. The summed E-state index contributed by atoms with van der Waals surface area (Å²) in [6.45, 7) is 0. The van der Waals surface area contributed by atoms with Gasteiger partial charge in [-0.2, -0.15) is 26.7 Å². The highest BCUT2D eigenvalue weighted by Crippen LogP contribution is 2.54. The number of aromatic amines is 1. The Morgan fingerprint density at radius 3 is 2.48 bits per heavy atom. The number of H-pyrrole nitrogens is 1. The lowest BCUT2D eigenvalue weighted by Crippen LogP contribution is -2.39. The first-order valence-electron chi connectivity index (χ1n) is 9.20. The Morgan fingerprint density at radius 2 is 1.81 bits per heavy atom. The van der Waals surface area contributed by atoms with Gasteiger partial charge in [0.2, 0.25) is 0 Å². The summed E-state index contributed by atoms with van der Waals surface area (Å²) in [6, 6.07) is 3.27. The lowest BCUT2D eigenvalue weighted by molar-refractivity contribution is -0.141. The molecule has 3 aromatic rings. The van der Waals surface area contributed by atoms with Crippen LogP contribution in [0.25, 0.3) is 11.3 Å². The Morgan fingerprint density at radius 1 is 1.10 bits per heavy atom. The van der Waals surface area contributed by atoms with E-state index in [4.69, 9.17) is 0 Å². The predicted octanol–water partition coefficient (Wildman–Crippen LogP) is 4.43. The van der Waals surface area contributed by atoms with Crippen LogP contribution in [0.2, 0.25) is 0 Å². The van der Waals surface area contributed by atoms with Crippen LogP contribution in [0.15, 0.2) is 41.6 Å². The molecule has 5 rings (SSSR count). The third-order valence-electron chi connectivity index (χ3n) is 5.39. The highest BCUT2D eigenvalue weighted by molar-refractivity contribution is 7.92. The van der Waals surface area contributed by atoms with Crippen LogP contribution in [0.4, 0.5) is 27.6 Å². The van der Waals surface area contributed by atoms with Gasteiger partial charge >= 0.3 is 6.18 Å². The molecule has 0 radical (unpaired) electrons. The van der Waals surface area contributed by atoms with Crippen molar-refractivity contribution in [2.75, 3.05) is 4.31 Å². The summed E-state index contributed by atoms with van der Waals surface area (Å²) in [5, 5.41) is 5.78. The van der Waals surface area contributed by atoms with Crippen LogP contribution in [0.1, 0.15) is 30.1 Å². The Kier molecular flexibility index (Phi) is 4.17. The summed E-state index contributed by atoms with van der Waals surface area (Å²) in [5.41, 5.74) is -0.737. The van der Waals surface area contributed by atoms with Gasteiger partial charge in [-0.05, 0) is 37.0 Å². The fourth-order valence-electron chi connectivity index (χ4n) is 3.88. The Balaban J connectivity index is 1.75. The fraction of sp³-hybridized carbons (Fsp3) is 0.263. The molecule has 1 aliphatic carbocycles. The van der Waals surface area contributed by atoms with Crippen LogP contribution in [0.3, 0.4) is 0 Å². The topological polar surface area (TPSA) is 79.0 Å². The summed E-state index contributed by atoms with van der Waals surface area (Å²) in [4.78, 5) is 3.32. The van der Waals surface area contributed by atoms with Crippen molar-refractivity contribution < 1.29 is 30.4 Å². The second-order valence-corrected chi connectivity index (χ2v) is 9.19. The Labute approximate surface area is 172 Å². The van der Waals surface area contributed by atoms with Crippen molar-refractivity contribution in [3.8, 4) is 11.3 Å². The lowest BCUT2D eigenvalue weighted by atomic mass is 9.93. The highest BCUT2D eigenvalue weighted by Gasteiger charge is 2.48. The predicted molar refractivity (Wildman–Crippen MR) is 98.3 cm³/mol. The third kappa shape index (κ3) is 3.08. The molecule has 2 aromatic heterocycles. The average Bonchev–Trinajstić information content (AvgIpc) is 3.43. The summed E-state index contributed by atoms with van der Waals surface area (Å²) < 4.78 is 95.5. The van der Waals surface area contributed by atoms with E-state index in [9.17, 15) is 30.4 Å². The molecule has 0 spiro atoms. The van der Waals surface area contributed by atoms with Crippen LogP contribution in [-0.4, -0.2) is 23.6 Å². The molecule has 1 saturated carbocycles. The first kappa shape index (κ1) is 19.9. The van der Waals surface area contributed by atoms with Gasteiger partial charge in [0.15, 0.2) is 16.7 Å². The van der Waals surface area contributed by atoms with Crippen molar-refractivity contribution >= 4 is 15.7 Å². The maximum Gasteiger partial charge on any atom is 0.433 e. The summed E-state index contributed by atoms with van der Waals surface area (Å²) in [6.07, 6.45) is -2.13. The van der Waals surface area contributed by atoms with Crippen molar-refractivity contribution in [2.24, 2.45) is 5.92 Å². The van der Waals surface area contributed by atoms with Crippen LogP contribution in [-0.2, 0) is 16.2 Å². The third-order valence-corrected chi connectivity index (χ3v) is 7.09. The van der Waals surface area contributed by atoms with E-state index in [1.807, 2.05) is 0 Å². The van der Waals surface area contributed by atoms with Gasteiger partial charge < -0.3 is 0 Å². The Hall–Kier alpha value is -3.02. The van der Waals surface area contributed by atoms with Gasteiger partial charge in [-0.25, -0.2) is 13.8 Å². The number of aromatic nitrogens is 3. The number of sulfonamides is 1. The minimum atomic E-state index is -4.85. The van der Waals surface area contributed by atoms with Crippen molar-refractivity contribution in [3.63, 3.8) is 0 Å². The number of pyridine rings is 1. The molecule has 2 aliphatic rings. The molecule has 1 N–H and O–H groups in total. The van der Waals surface area contributed by atoms with Gasteiger partial charge in [-0.15, -0.1) is 0 Å². The second-order valence-electron chi connectivity index (χ2n) is 7.43. The number of fused-ring (bicyclic) bond motifs is 3. The molecule has 12 heteroatoms. The highest BCUT2D eigenvalue weighted by atomic mass is 32.2. The standard InChI is InChI=1S/C19H13F5N4O2S/c20-12-6-10-14(7-13(12)21)28(18(9-4-5-9)11-8-25-27-17(10)11)31(29,30)16-3-1-2-15(26-16)19(22,23)24/h1-3,6-9,18H,4-5H2,(H,25,27). The molecule has 1 aromatic carbocycles. The molecular weight excluding hydrogens is 443 g/mol. The maximum absolute atomic E-state index is 14.1. The molecule has 1 fully saturated rings. The molecule has 6 nitrogen and oxygen atoms in total. The van der Waals surface area contributed by atoms with Crippen molar-refractivity contribution in [1.82, 2.24) is 15.2 Å². The van der Waals surface area contributed by atoms with E-state index >= 15 is 0 Å². The normalized spacial score (nSPS) is 18.6. The average molecular weight is 456 g/mol. The SMILES string of the molecule is O=S(=O)(c1cccc(C(F)(F)F)n1)N1c2cc(F)c(F)cc2-c2[nH]ncc2C1C1CC1. The number of nitrogens with one attached hydrogen (secondary N) is 1. The monoisotopic (exact) mass is 456 g/mol. The fourth-order valence-corrected chi connectivity index (χ4v) is 5.54. The molecular formula is C19H13F5N4O2S. The summed E-state index contributed by atoms with van der Waals surface area (Å²) >= 11 is 0. The molecule has 0 saturated heterocycles. The van der Waals surface area contributed by atoms with Crippen LogP contribution in [0.5, 0.6) is 0 Å². The van der Waals surface area contributed by atoms with E-state index in [1.165, 1.54) is 6.20 Å². The summed E-state index contributed by atoms with van der Waals surface area (Å²) in [7, 11) is -4.67. The van der Waals surface area contributed by atoms with E-state index in [-0.39, 0.29) is 17.2 Å². The molecule has 1 aliphatic heterocycles.